The molecule has 124 valence electrons. The van der Waals surface area contributed by atoms with Crippen molar-refractivity contribution in [2.75, 3.05) is 18.2 Å². The zero-order chi connectivity index (χ0) is 16.9. The van der Waals surface area contributed by atoms with Crippen LogP contribution in [-0.4, -0.2) is 44.0 Å². The lowest BCUT2D eigenvalue weighted by atomic mass is 10.2. The Morgan fingerprint density at radius 3 is 3.08 bits per heavy atom. The summed E-state index contributed by atoms with van der Waals surface area (Å²) in [5.74, 6) is 0.663. The van der Waals surface area contributed by atoms with Gasteiger partial charge in [0.25, 0.3) is 0 Å². The van der Waals surface area contributed by atoms with Gasteiger partial charge in [0.05, 0.1) is 12.9 Å². The van der Waals surface area contributed by atoms with Gasteiger partial charge in [-0.05, 0) is 35.0 Å². The number of amides is 1. The Hall–Kier alpha value is -2.46. The summed E-state index contributed by atoms with van der Waals surface area (Å²) < 4.78 is 6.93. The fourth-order valence-corrected chi connectivity index (χ4v) is 3.19. The monoisotopic (exact) mass is 362 g/mol. The first kappa shape index (κ1) is 16.4. The first-order chi connectivity index (χ1) is 11.7. The maximum absolute atomic E-state index is 12.0. The van der Waals surface area contributed by atoms with E-state index in [1.165, 1.54) is 23.1 Å². The van der Waals surface area contributed by atoms with Gasteiger partial charge in [0.2, 0.25) is 11.1 Å². The van der Waals surface area contributed by atoms with E-state index in [9.17, 15) is 4.79 Å². The summed E-state index contributed by atoms with van der Waals surface area (Å²) >= 11 is 2.61. The van der Waals surface area contributed by atoms with Crippen molar-refractivity contribution in [2.45, 2.75) is 12.1 Å². The molecule has 0 aliphatic carbocycles. The van der Waals surface area contributed by atoms with Crippen molar-refractivity contribution >= 4 is 34.1 Å². The molecule has 0 radical (unpaired) electrons. The molecule has 24 heavy (non-hydrogen) atoms. The second-order valence-corrected chi connectivity index (χ2v) is 6.56. The summed E-state index contributed by atoms with van der Waals surface area (Å²) in [5.41, 5.74) is 1.78. The van der Waals surface area contributed by atoms with Crippen LogP contribution in [-0.2, 0) is 4.79 Å². The number of aryl methyl sites for hydroxylation is 1. The number of tetrazole rings is 1. The van der Waals surface area contributed by atoms with E-state index < -0.39 is 0 Å². The smallest absolute Gasteiger partial charge is 0.236 e. The van der Waals surface area contributed by atoms with E-state index in [1.54, 1.807) is 23.4 Å². The van der Waals surface area contributed by atoms with E-state index in [2.05, 4.69) is 25.8 Å². The second-order valence-electron chi connectivity index (χ2n) is 4.72. The van der Waals surface area contributed by atoms with Crippen molar-refractivity contribution in [3.63, 3.8) is 0 Å². The van der Waals surface area contributed by atoms with Gasteiger partial charge in [-0.25, -0.2) is 4.98 Å². The zero-order valence-corrected chi connectivity index (χ0v) is 14.6. The molecule has 1 N–H and O–H groups in total. The minimum Gasteiger partial charge on any atom is -0.494 e. The molecule has 10 heteroatoms. The summed E-state index contributed by atoms with van der Waals surface area (Å²) in [6.45, 7) is 1.97. The van der Waals surface area contributed by atoms with Gasteiger partial charge in [-0.3, -0.25) is 4.79 Å². The number of nitrogens with one attached hydrogen (secondary N) is 1. The second kappa shape index (κ2) is 7.41. The Bertz CT molecular complexity index is 834. The van der Waals surface area contributed by atoms with Crippen molar-refractivity contribution in [2.24, 2.45) is 0 Å². The van der Waals surface area contributed by atoms with Crippen LogP contribution < -0.4 is 10.1 Å². The Kier molecular flexibility index (Phi) is 5.06. The van der Waals surface area contributed by atoms with E-state index in [4.69, 9.17) is 4.74 Å². The normalized spacial score (nSPS) is 10.6. The van der Waals surface area contributed by atoms with Gasteiger partial charge in [0, 0.05) is 11.6 Å². The molecule has 1 amide bonds. The van der Waals surface area contributed by atoms with Crippen molar-refractivity contribution in [3.8, 4) is 11.4 Å². The number of hydrogen-bond acceptors (Lipinski definition) is 8. The molecule has 3 rings (SSSR count). The molecule has 0 fully saturated rings. The van der Waals surface area contributed by atoms with E-state index in [0.717, 1.165) is 11.3 Å². The van der Waals surface area contributed by atoms with E-state index >= 15 is 0 Å². The molecule has 0 spiro atoms. The van der Waals surface area contributed by atoms with E-state index in [1.807, 2.05) is 25.1 Å². The Labute approximate surface area is 146 Å². The number of rotatable bonds is 6. The maximum Gasteiger partial charge on any atom is 0.236 e. The molecule has 0 atom stereocenters. The van der Waals surface area contributed by atoms with Crippen molar-refractivity contribution in [1.82, 2.24) is 25.2 Å². The highest BCUT2D eigenvalue weighted by molar-refractivity contribution is 7.99. The molecule has 3 aromatic rings. The highest BCUT2D eigenvalue weighted by Crippen LogP contribution is 2.27. The van der Waals surface area contributed by atoms with Crippen LogP contribution in [0, 0.1) is 6.92 Å². The minimum absolute atomic E-state index is 0.166. The van der Waals surface area contributed by atoms with E-state index in [-0.39, 0.29) is 11.7 Å². The molecular weight excluding hydrogens is 348 g/mol. The molecule has 0 aliphatic rings. The first-order valence-corrected chi connectivity index (χ1v) is 8.79. The van der Waals surface area contributed by atoms with Crippen molar-refractivity contribution < 1.29 is 9.53 Å². The Balaban J connectivity index is 1.74. The number of ether oxygens (including phenoxy) is 1. The predicted octanol–water partition coefficient (Wildman–Crippen LogP) is 2.17. The lowest BCUT2D eigenvalue weighted by Gasteiger charge is -2.10. The molecule has 1 aromatic carbocycles. The number of thiazole rings is 1. The molecule has 0 saturated carbocycles. The standard InChI is InChI=1S/C14H14N6O2S2/c1-9-3-4-11(22-2)10(7-9)20-14(17-18-19-20)24-8-12(21)16-13-15-5-6-23-13/h3-7H,8H2,1-2H3,(H,15,16,21). The SMILES string of the molecule is COc1ccc(C)cc1-n1nnnc1SCC(=O)Nc1nccs1. The molecule has 0 unspecified atom stereocenters. The molecule has 8 nitrogen and oxygen atoms in total. The Morgan fingerprint density at radius 2 is 2.33 bits per heavy atom. The van der Waals surface area contributed by atoms with Crippen LogP contribution in [0.2, 0.25) is 0 Å². The van der Waals surface area contributed by atoms with Crippen LogP contribution in [0.3, 0.4) is 0 Å². The van der Waals surface area contributed by atoms with Gasteiger partial charge >= 0.3 is 0 Å². The number of nitrogens with zero attached hydrogens (tertiary/aromatic N) is 5. The van der Waals surface area contributed by atoms with Crippen molar-refractivity contribution in [3.05, 3.63) is 35.3 Å². The summed E-state index contributed by atoms with van der Waals surface area (Å²) in [5, 5.41) is 17.3. The average molecular weight is 362 g/mol. The molecule has 2 aromatic heterocycles. The fourth-order valence-electron chi connectivity index (χ4n) is 1.96. The van der Waals surface area contributed by atoms with Gasteiger partial charge in [0.1, 0.15) is 11.4 Å². The summed E-state index contributed by atoms with van der Waals surface area (Å²) in [4.78, 5) is 16.0. The van der Waals surface area contributed by atoms with E-state index in [0.29, 0.717) is 16.0 Å². The van der Waals surface area contributed by atoms with Crippen molar-refractivity contribution in [1.29, 1.82) is 0 Å². The van der Waals surface area contributed by atoms with Gasteiger partial charge in [0.15, 0.2) is 5.13 Å². The number of thioether (sulfide) groups is 1. The number of anilines is 1. The lowest BCUT2D eigenvalue weighted by Crippen LogP contribution is -2.14. The molecule has 0 aliphatic heterocycles. The van der Waals surface area contributed by atoms with Crippen LogP contribution in [0.5, 0.6) is 5.75 Å². The third-order valence-electron chi connectivity index (χ3n) is 3.01. The first-order valence-electron chi connectivity index (χ1n) is 6.93. The van der Waals surface area contributed by atoms with Crippen LogP contribution in [0.15, 0.2) is 34.9 Å². The number of carbonyl (C=O) groups is 1. The van der Waals surface area contributed by atoms with Crippen LogP contribution in [0.1, 0.15) is 5.56 Å². The largest absolute Gasteiger partial charge is 0.494 e. The minimum atomic E-state index is -0.166. The zero-order valence-electron chi connectivity index (χ0n) is 13.0. The fraction of sp³-hybridized carbons (Fsp3) is 0.214. The topological polar surface area (TPSA) is 94.8 Å². The third kappa shape index (κ3) is 3.71. The molecule has 0 saturated heterocycles. The number of aromatic nitrogens is 5. The maximum atomic E-state index is 12.0. The molecule has 2 heterocycles. The summed E-state index contributed by atoms with van der Waals surface area (Å²) in [6, 6.07) is 5.73. The van der Waals surface area contributed by atoms with Gasteiger partial charge in [-0.15, -0.1) is 16.4 Å². The Morgan fingerprint density at radius 1 is 1.46 bits per heavy atom. The number of benzene rings is 1. The highest BCUT2D eigenvalue weighted by atomic mass is 32.2. The van der Waals surface area contributed by atoms with Crippen LogP contribution in [0.25, 0.3) is 5.69 Å². The number of methoxy groups -OCH3 is 1. The highest BCUT2D eigenvalue weighted by Gasteiger charge is 2.15. The van der Waals surface area contributed by atoms with Crippen LogP contribution in [0.4, 0.5) is 5.13 Å². The third-order valence-corrected chi connectivity index (χ3v) is 4.62. The average Bonchev–Trinajstić information content (AvgIpc) is 3.24. The summed E-state index contributed by atoms with van der Waals surface area (Å²) in [6.07, 6.45) is 1.64. The van der Waals surface area contributed by atoms with Gasteiger partial charge in [-0.2, -0.15) is 4.68 Å². The molecule has 0 bridgehead atoms. The number of hydrogen-bond donors (Lipinski definition) is 1. The quantitative estimate of drug-likeness (QED) is 0.671. The predicted molar refractivity (Wildman–Crippen MR) is 91.9 cm³/mol. The van der Waals surface area contributed by atoms with Gasteiger partial charge in [-0.1, -0.05) is 17.8 Å². The van der Waals surface area contributed by atoms with Gasteiger partial charge < -0.3 is 10.1 Å². The lowest BCUT2D eigenvalue weighted by molar-refractivity contribution is -0.113. The number of carbonyl (C=O) groups excluding carboxylic acids is 1. The summed E-state index contributed by atoms with van der Waals surface area (Å²) in [7, 11) is 1.59. The molecular formula is C14H14N6O2S2. The van der Waals surface area contributed by atoms with Crippen LogP contribution >= 0.6 is 23.1 Å².